The van der Waals surface area contributed by atoms with E-state index >= 15 is 0 Å². The van der Waals surface area contributed by atoms with Gasteiger partial charge >= 0.3 is 0 Å². The van der Waals surface area contributed by atoms with Crippen molar-refractivity contribution in [1.82, 2.24) is 9.97 Å². The van der Waals surface area contributed by atoms with Crippen molar-refractivity contribution >= 4 is 35.0 Å². The van der Waals surface area contributed by atoms with Gasteiger partial charge in [-0.1, -0.05) is 0 Å². The summed E-state index contributed by atoms with van der Waals surface area (Å²) >= 11 is 2.11. The molecule has 0 aromatic carbocycles. The molecule has 1 N–H and O–H groups in total. The molecule has 1 aromatic heterocycles. The maximum absolute atomic E-state index is 3.85. The van der Waals surface area contributed by atoms with Crippen LogP contribution in [0, 0.1) is 3.83 Å². The summed E-state index contributed by atoms with van der Waals surface area (Å²) in [6, 6.07) is 0. The molecule has 1 aromatic rings. The Balaban J connectivity index is 0.000000360. The molecule has 40 valence electrons. The van der Waals surface area contributed by atoms with Crippen molar-refractivity contribution < 1.29 is 0 Å². The highest BCUT2D eigenvalue weighted by Crippen LogP contribution is 1.89. The largest absolute Gasteiger partial charge is 0.340 e. The third-order valence-electron chi connectivity index (χ3n) is 0.465. The van der Waals surface area contributed by atoms with Crippen molar-refractivity contribution in [1.29, 1.82) is 0 Å². The lowest BCUT2D eigenvalue weighted by Gasteiger charge is -1.65. The molecular formula is C3H4ClIN2. The molecule has 1 rings (SSSR count). The number of imidazole rings is 1. The molecule has 4 heteroatoms. The third kappa shape index (κ3) is 2.13. The highest BCUT2D eigenvalue weighted by Gasteiger charge is 1.76. The van der Waals surface area contributed by atoms with Crippen LogP contribution in [0.15, 0.2) is 12.4 Å². The molecule has 0 saturated carbocycles. The van der Waals surface area contributed by atoms with Gasteiger partial charge in [0.2, 0.25) is 0 Å². The second-order valence-electron chi connectivity index (χ2n) is 0.880. The van der Waals surface area contributed by atoms with E-state index in [0.717, 1.165) is 3.83 Å². The lowest BCUT2D eigenvalue weighted by Crippen LogP contribution is -1.64. The zero-order valence-electron chi connectivity index (χ0n) is 3.39. The minimum atomic E-state index is 0. The lowest BCUT2D eigenvalue weighted by molar-refractivity contribution is 1.23. The first-order valence-electron chi connectivity index (χ1n) is 1.54. The Morgan fingerprint density at radius 1 is 1.71 bits per heavy atom. The van der Waals surface area contributed by atoms with Crippen molar-refractivity contribution in [2.45, 2.75) is 0 Å². The molecule has 2 nitrogen and oxygen atoms in total. The molecule has 0 saturated heterocycles. The first-order valence-corrected chi connectivity index (χ1v) is 2.62. The van der Waals surface area contributed by atoms with Crippen LogP contribution in [0.5, 0.6) is 0 Å². The minimum absolute atomic E-state index is 0. The van der Waals surface area contributed by atoms with Crippen molar-refractivity contribution in [3.8, 4) is 0 Å². The molecule has 7 heavy (non-hydrogen) atoms. The molecule has 0 unspecified atom stereocenters. The maximum atomic E-state index is 3.85. The topological polar surface area (TPSA) is 28.7 Å². The summed E-state index contributed by atoms with van der Waals surface area (Å²) in [5.74, 6) is 0. The van der Waals surface area contributed by atoms with E-state index in [-0.39, 0.29) is 12.4 Å². The fraction of sp³-hybridized carbons (Fsp3) is 0. The van der Waals surface area contributed by atoms with Crippen LogP contribution in [0.3, 0.4) is 0 Å². The van der Waals surface area contributed by atoms with Gasteiger partial charge in [0.15, 0.2) is 3.83 Å². The van der Waals surface area contributed by atoms with Gasteiger partial charge in [0, 0.05) is 12.4 Å². The van der Waals surface area contributed by atoms with Crippen LogP contribution in [0.2, 0.25) is 0 Å². The second kappa shape index (κ2) is 3.26. The van der Waals surface area contributed by atoms with Gasteiger partial charge in [-0.3, -0.25) is 0 Å². The van der Waals surface area contributed by atoms with Gasteiger partial charge in [-0.15, -0.1) is 12.4 Å². The molecule has 0 atom stereocenters. The van der Waals surface area contributed by atoms with Gasteiger partial charge in [-0.25, -0.2) is 4.98 Å². The Morgan fingerprint density at radius 2 is 2.43 bits per heavy atom. The third-order valence-corrected chi connectivity index (χ3v) is 1.05. The van der Waals surface area contributed by atoms with Gasteiger partial charge in [-0.05, 0) is 22.6 Å². The SMILES string of the molecule is Cl.Ic1ncc[nH]1. The van der Waals surface area contributed by atoms with Crippen LogP contribution in [0.1, 0.15) is 0 Å². The van der Waals surface area contributed by atoms with E-state index < -0.39 is 0 Å². The van der Waals surface area contributed by atoms with Crippen LogP contribution in [-0.2, 0) is 0 Å². The standard InChI is InChI=1S/C3H3IN2.ClH/c4-3-5-1-2-6-3;/h1-2H,(H,5,6);1H. The molecule has 0 bridgehead atoms. The van der Waals surface area contributed by atoms with E-state index in [1.807, 2.05) is 0 Å². The monoisotopic (exact) mass is 230 g/mol. The van der Waals surface area contributed by atoms with E-state index in [2.05, 4.69) is 32.6 Å². The number of hydrogen-bond donors (Lipinski definition) is 1. The first kappa shape index (κ1) is 7.23. The number of nitrogens with one attached hydrogen (secondary N) is 1. The summed E-state index contributed by atoms with van der Waals surface area (Å²) in [5, 5.41) is 0. The second-order valence-corrected chi connectivity index (χ2v) is 1.90. The number of aromatic nitrogens is 2. The molecule has 1 heterocycles. The van der Waals surface area contributed by atoms with Gasteiger partial charge in [-0.2, -0.15) is 0 Å². The zero-order valence-corrected chi connectivity index (χ0v) is 6.36. The average molecular weight is 230 g/mol. The van der Waals surface area contributed by atoms with Crippen molar-refractivity contribution in [3.05, 3.63) is 16.2 Å². The number of hydrogen-bond acceptors (Lipinski definition) is 1. The first-order chi connectivity index (χ1) is 2.89. The van der Waals surface area contributed by atoms with E-state index in [9.17, 15) is 0 Å². The number of nitrogens with zero attached hydrogens (tertiary/aromatic N) is 1. The Morgan fingerprint density at radius 3 is 2.57 bits per heavy atom. The van der Waals surface area contributed by atoms with E-state index in [4.69, 9.17) is 0 Å². The van der Waals surface area contributed by atoms with Crippen LogP contribution in [0.25, 0.3) is 0 Å². The predicted molar refractivity (Wildman–Crippen MR) is 38.6 cm³/mol. The van der Waals surface area contributed by atoms with E-state index in [1.54, 1.807) is 12.4 Å². The van der Waals surface area contributed by atoms with Crippen molar-refractivity contribution in [3.63, 3.8) is 0 Å². The molecule has 0 spiro atoms. The van der Waals surface area contributed by atoms with Crippen LogP contribution < -0.4 is 0 Å². The van der Waals surface area contributed by atoms with E-state index in [0.29, 0.717) is 0 Å². The van der Waals surface area contributed by atoms with Gasteiger partial charge in [0.1, 0.15) is 0 Å². The Hall–Kier alpha value is 0.230. The Kier molecular flexibility index (Phi) is 3.37. The fourth-order valence-corrected chi connectivity index (χ4v) is 0.587. The summed E-state index contributed by atoms with van der Waals surface area (Å²) in [5.41, 5.74) is 0. The average Bonchev–Trinajstić information content (AvgIpc) is 1.86. The number of rotatable bonds is 0. The Bertz CT molecular complexity index is 116. The van der Waals surface area contributed by atoms with Crippen LogP contribution in [0.4, 0.5) is 0 Å². The highest BCUT2D eigenvalue weighted by molar-refractivity contribution is 14.1. The number of aromatic amines is 1. The maximum Gasteiger partial charge on any atom is 0.168 e. The van der Waals surface area contributed by atoms with Crippen molar-refractivity contribution in [2.24, 2.45) is 0 Å². The minimum Gasteiger partial charge on any atom is -0.340 e. The molecule has 0 radical (unpaired) electrons. The van der Waals surface area contributed by atoms with Gasteiger partial charge < -0.3 is 4.98 Å². The van der Waals surface area contributed by atoms with Crippen LogP contribution >= 0.6 is 35.0 Å². The highest BCUT2D eigenvalue weighted by atomic mass is 127. The molecule has 0 fully saturated rings. The summed E-state index contributed by atoms with van der Waals surface area (Å²) in [6.07, 6.45) is 3.52. The molecule has 0 amide bonds. The molecular weight excluding hydrogens is 226 g/mol. The Labute approximate surface area is 61.3 Å². The molecule has 0 aliphatic rings. The summed E-state index contributed by atoms with van der Waals surface area (Å²) < 4.78 is 0.938. The number of H-pyrrole nitrogens is 1. The van der Waals surface area contributed by atoms with Crippen molar-refractivity contribution in [2.75, 3.05) is 0 Å². The summed E-state index contributed by atoms with van der Waals surface area (Å²) in [6.45, 7) is 0. The van der Waals surface area contributed by atoms with Crippen LogP contribution in [-0.4, -0.2) is 9.97 Å². The smallest absolute Gasteiger partial charge is 0.168 e. The van der Waals surface area contributed by atoms with Gasteiger partial charge in [0.05, 0.1) is 0 Å². The normalized spacial score (nSPS) is 7.57. The lowest BCUT2D eigenvalue weighted by atomic mass is 11.0. The van der Waals surface area contributed by atoms with Gasteiger partial charge in [0.25, 0.3) is 0 Å². The summed E-state index contributed by atoms with van der Waals surface area (Å²) in [7, 11) is 0. The fourth-order valence-electron chi connectivity index (χ4n) is 0.246. The molecule has 0 aliphatic carbocycles. The summed E-state index contributed by atoms with van der Waals surface area (Å²) in [4.78, 5) is 6.72. The predicted octanol–water partition coefficient (Wildman–Crippen LogP) is 1.44. The quantitative estimate of drug-likeness (QED) is 0.671. The number of halogens is 2. The zero-order chi connectivity index (χ0) is 4.41. The van der Waals surface area contributed by atoms with E-state index in [1.165, 1.54) is 0 Å². The molecule has 0 aliphatic heterocycles.